The van der Waals surface area contributed by atoms with E-state index in [0.717, 1.165) is 34.2 Å². The average Bonchev–Trinajstić information content (AvgIpc) is 3.54. The molecular formula is C29H37ClN10O10S2. The van der Waals surface area contributed by atoms with Crippen molar-refractivity contribution in [3.05, 3.63) is 33.8 Å². The number of β-lactam (4-membered cyclic amide) rings is 1. The number of aliphatic carboxylic acids is 1. The standard InChI is InChI=1S/C29H37ClN10O10S2/c1-29(2,26(47)48)50-36-19(15-12-52-27(32)33-15)22(44)34-20-24(46)37(3)25(20)51-13-17(42)40(7-6-31)35-28(49)39-10-8-38(9-11-39)23(45)14-4-5-16(41)21(43)18(14)30/h4-5,12,20,25,41,43H,6-11,13,31H2,1-3H3,(H2,32,33)(H,34,44)(H,35,49)(H,47,48)/b36-19-/t20-,25?/m1/s1. The smallest absolute Gasteiger partial charge is 0.350 e. The number of thioether (sulfide) groups is 1. The van der Waals surface area contributed by atoms with Crippen LogP contribution in [0.4, 0.5) is 9.93 Å². The van der Waals surface area contributed by atoms with Crippen LogP contribution in [0.5, 0.6) is 11.5 Å². The van der Waals surface area contributed by atoms with Gasteiger partial charge in [-0.15, -0.1) is 23.1 Å². The monoisotopic (exact) mass is 784 g/mol. The second-order valence-electron chi connectivity index (χ2n) is 11.8. The Kier molecular flexibility index (Phi) is 12.6. The third-order valence-electron chi connectivity index (χ3n) is 7.87. The molecule has 23 heteroatoms. The highest BCUT2D eigenvalue weighted by Crippen LogP contribution is 2.36. The fourth-order valence-corrected chi connectivity index (χ4v) is 6.72. The molecule has 2 aliphatic heterocycles. The number of likely N-dealkylation sites (N-methyl/N-ethyl adjacent to an activating group) is 1. The SMILES string of the molecule is CN1C(=O)[C@@H](NC(=O)/C(=N\OC(C)(C)C(=O)O)c2csc(N)n2)C1SCC(=O)N(CCN)NC(=O)N1CCN(C(=O)c2ccc(O)c(O)c2Cl)CC1. The van der Waals surface area contributed by atoms with E-state index in [-0.39, 0.29) is 66.4 Å². The van der Waals surface area contributed by atoms with Crippen LogP contribution in [-0.2, 0) is 24.0 Å². The number of carboxylic acids is 1. The van der Waals surface area contributed by atoms with E-state index < -0.39 is 69.9 Å². The van der Waals surface area contributed by atoms with Gasteiger partial charge in [0.15, 0.2) is 22.3 Å². The Bertz CT molecular complexity index is 1770. The van der Waals surface area contributed by atoms with Crippen LogP contribution in [0.3, 0.4) is 0 Å². The molecule has 52 heavy (non-hydrogen) atoms. The van der Waals surface area contributed by atoms with Gasteiger partial charge in [0.05, 0.1) is 22.9 Å². The number of likely N-dealkylation sites (tertiary alicyclic amines) is 1. The van der Waals surface area contributed by atoms with Gasteiger partial charge in [0.2, 0.25) is 11.5 Å². The van der Waals surface area contributed by atoms with Gasteiger partial charge >= 0.3 is 12.0 Å². The van der Waals surface area contributed by atoms with E-state index >= 15 is 0 Å². The van der Waals surface area contributed by atoms with Crippen molar-refractivity contribution in [3.8, 4) is 11.5 Å². The van der Waals surface area contributed by atoms with E-state index in [1.165, 1.54) is 47.0 Å². The summed E-state index contributed by atoms with van der Waals surface area (Å²) in [7, 11) is 1.48. The van der Waals surface area contributed by atoms with E-state index in [4.69, 9.17) is 27.9 Å². The number of hydrazine groups is 1. The largest absolute Gasteiger partial charge is 0.504 e. The molecule has 2 aliphatic rings. The third kappa shape index (κ3) is 8.86. The van der Waals surface area contributed by atoms with Gasteiger partial charge in [-0.3, -0.25) is 24.2 Å². The number of benzene rings is 1. The maximum absolute atomic E-state index is 13.3. The molecule has 1 aromatic carbocycles. The van der Waals surface area contributed by atoms with Gasteiger partial charge in [0.25, 0.3) is 17.7 Å². The van der Waals surface area contributed by atoms with Gasteiger partial charge in [-0.2, -0.15) is 0 Å². The fraction of sp³-hybridized carbons (Fsp3) is 0.448. The highest BCUT2D eigenvalue weighted by molar-refractivity contribution is 8.00. The van der Waals surface area contributed by atoms with E-state index in [9.17, 15) is 44.1 Å². The molecule has 20 nitrogen and oxygen atoms in total. The first-order valence-corrected chi connectivity index (χ1v) is 17.7. The van der Waals surface area contributed by atoms with Crippen LogP contribution in [0.2, 0.25) is 5.02 Å². The molecule has 2 aromatic rings. The number of phenolic OH excluding ortho intramolecular Hbond substituents is 2. The number of aromatic nitrogens is 1. The van der Waals surface area contributed by atoms with Gasteiger partial charge in [0, 0.05) is 45.2 Å². The summed E-state index contributed by atoms with van der Waals surface area (Å²) < 4.78 is 0. The molecule has 0 spiro atoms. The number of urea groups is 1. The van der Waals surface area contributed by atoms with Crippen molar-refractivity contribution in [2.45, 2.75) is 30.9 Å². The van der Waals surface area contributed by atoms with Crippen molar-refractivity contribution in [2.75, 3.05) is 57.8 Å². The summed E-state index contributed by atoms with van der Waals surface area (Å²) in [6.45, 7) is 2.85. The maximum atomic E-state index is 13.3. The molecule has 4 rings (SSSR count). The van der Waals surface area contributed by atoms with Gasteiger partial charge in [-0.1, -0.05) is 16.8 Å². The Balaban J connectivity index is 1.34. The summed E-state index contributed by atoms with van der Waals surface area (Å²) in [5, 5.41) is 36.6. The summed E-state index contributed by atoms with van der Waals surface area (Å²) in [5.41, 5.74) is 11.7. The first kappa shape index (κ1) is 39.7. The van der Waals surface area contributed by atoms with Gasteiger partial charge in [0.1, 0.15) is 17.1 Å². The Morgan fingerprint density at radius 2 is 1.83 bits per heavy atom. The summed E-state index contributed by atoms with van der Waals surface area (Å²) in [5.74, 6) is -5.11. The Morgan fingerprint density at radius 1 is 1.17 bits per heavy atom. The van der Waals surface area contributed by atoms with Crippen LogP contribution in [-0.4, -0.2) is 150 Å². The number of nitrogens with two attached hydrogens (primary N) is 2. The minimum absolute atomic E-state index is 0.00367. The number of nitrogens with zero attached hydrogens (tertiary/aromatic N) is 6. The second-order valence-corrected chi connectivity index (χ2v) is 14.2. The number of nitrogen functional groups attached to an aromatic ring is 1. The van der Waals surface area contributed by atoms with Crippen molar-refractivity contribution >= 4 is 81.2 Å². The number of aromatic hydroxyl groups is 2. The number of hydrogen-bond donors (Lipinski definition) is 7. The molecule has 1 unspecified atom stereocenters. The fourth-order valence-electron chi connectivity index (χ4n) is 4.75. The van der Waals surface area contributed by atoms with E-state index in [1.807, 2.05) is 0 Å². The summed E-state index contributed by atoms with van der Waals surface area (Å²) in [4.78, 5) is 90.1. The molecule has 0 bridgehead atoms. The molecule has 0 aliphatic carbocycles. The number of amides is 6. The van der Waals surface area contributed by atoms with Crippen LogP contribution in [0.15, 0.2) is 22.7 Å². The van der Waals surface area contributed by atoms with E-state index in [0.29, 0.717) is 0 Å². The molecule has 2 fully saturated rings. The summed E-state index contributed by atoms with van der Waals surface area (Å²) in [6, 6.07) is 0.696. The average molecular weight is 785 g/mol. The van der Waals surface area contributed by atoms with Crippen LogP contribution in [0, 0.1) is 0 Å². The van der Waals surface area contributed by atoms with Gasteiger partial charge in [-0.25, -0.2) is 20.0 Å². The minimum atomic E-state index is -1.80. The zero-order chi connectivity index (χ0) is 38.5. The number of piperazine rings is 1. The molecule has 6 amide bonds. The lowest BCUT2D eigenvalue weighted by molar-refractivity contribution is -0.161. The zero-order valence-electron chi connectivity index (χ0n) is 28.1. The number of rotatable bonds is 12. The molecule has 0 radical (unpaired) electrons. The summed E-state index contributed by atoms with van der Waals surface area (Å²) >= 11 is 8.04. The number of anilines is 1. The number of halogens is 1. The third-order valence-corrected chi connectivity index (χ3v) is 10.3. The molecule has 282 valence electrons. The quantitative estimate of drug-likeness (QED) is 0.0604. The predicted molar refractivity (Wildman–Crippen MR) is 188 cm³/mol. The number of nitrogens with one attached hydrogen (secondary N) is 2. The van der Waals surface area contributed by atoms with Crippen LogP contribution in [0.1, 0.15) is 29.9 Å². The predicted octanol–water partition coefficient (Wildman–Crippen LogP) is -0.740. The lowest BCUT2D eigenvalue weighted by atomic mass is 10.1. The number of carbonyl (C=O) groups excluding carboxylic acids is 5. The maximum Gasteiger partial charge on any atom is 0.350 e. The van der Waals surface area contributed by atoms with Crippen LogP contribution >= 0.6 is 34.7 Å². The van der Waals surface area contributed by atoms with Crippen molar-refractivity contribution in [3.63, 3.8) is 0 Å². The number of hydrogen-bond acceptors (Lipinski definition) is 15. The van der Waals surface area contributed by atoms with Crippen molar-refractivity contribution in [1.29, 1.82) is 0 Å². The number of thiazole rings is 1. The summed E-state index contributed by atoms with van der Waals surface area (Å²) in [6.07, 6.45) is 0. The van der Waals surface area contributed by atoms with Crippen molar-refractivity contribution < 1.29 is 48.9 Å². The Labute approximate surface area is 309 Å². The van der Waals surface area contributed by atoms with Gasteiger partial charge in [-0.05, 0) is 26.0 Å². The molecule has 1 aromatic heterocycles. The normalized spacial score (nSPS) is 17.7. The molecular weight excluding hydrogens is 748 g/mol. The number of carboxylic acid groups (broad SMARTS) is 1. The highest BCUT2D eigenvalue weighted by Gasteiger charge is 2.47. The lowest BCUT2D eigenvalue weighted by Crippen LogP contribution is -2.68. The number of phenols is 2. The van der Waals surface area contributed by atoms with Crippen LogP contribution < -0.4 is 22.2 Å². The first-order valence-electron chi connectivity index (χ1n) is 15.4. The molecule has 2 atom stereocenters. The zero-order valence-corrected chi connectivity index (χ0v) is 30.5. The highest BCUT2D eigenvalue weighted by atomic mass is 35.5. The molecule has 9 N–H and O–H groups in total. The van der Waals surface area contributed by atoms with Crippen molar-refractivity contribution in [2.24, 2.45) is 10.9 Å². The topological polar surface area (TPSA) is 287 Å². The van der Waals surface area contributed by atoms with E-state index in [1.54, 1.807) is 0 Å². The van der Waals surface area contributed by atoms with Gasteiger partial charge < -0.3 is 51.6 Å². The lowest BCUT2D eigenvalue weighted by Gasteiger charge is -2.44. The second kappa shape index (κ2) is 16.5. The number of oxime groups is 1. The Hall–Kier alpha value is -5.06. The molecule has 0 saturated carbocycles. The minimum Gasteiger partial charge on any atom is -0.504 e. The first-order chi connectivity index (χ1) is 24.5. The van der Waals surface area contributed by atoms with E-state index in [2.05, 4.69) is 20.9 Å². The van der Waals surface area contributed by atoms with Crippen molar-refractivity contribution in [1.82, 2.24) is 35.4 Å². The molecule has 2 saturated heterocycles. The van der Waals surface area contributed by atoms with Crippen LogP contribution in [0.25, 0.3) is 0 Å². The Morgan fingerprint density at radius 3 is 2.42 bits per heavy atom. The number of carbonyl (C=O) groups is 6. The molecule has 3 heterocycles.